The van der Waals surface area contributed by atoms with Crippen molar-refractivity contribution in [3.8, 4) is 0 Å². The van der Waals surface area contributed by atoms with Crippen LogP contribution in [0.3, 0.4) is 0 Å². The van der Waals surface area contributed by atoms with E-state index in [4.69, 9.17) is 16.0 Å². The quantitative estimate of drug-likeness (QED) is 0.888. The van der Waals surface area contributed by atoms with Crippen molar-refractivity contribution in [1.82, 2.24) is 5.32 Å². The summed E-state index contributed by atoms with van der Waals surface area (Å²) in [5, 5.41) is 3.61. The molecule has 0 spiro atoms. The third-order valence-corrected chi connectivity index (χ3v) is 2.78. The number of benzene rings is 1. The summed E-state index contributed by atoms with van der Waals surface area (Å²) in [6, 6.07) is 5.98. The number of halogens is 2. The van der Waals surface area contributed by atoms with Gasteiger partial charge in [0.2, 0.25) is 0 Å². The van der Waals surface area contributed by atoms with Gasteiger partial charge < -0.3 is 9.73 Å². The van der Waals surface area contributed by atoms with Gasteiger partial charge in [-0.05, 0) is 36.9 Å². The molecule has 1 heterocycles. The van der Waals surface area contributed by atoms with E-state index in [1.165, 1.54) is 12.1 Å². The molecule has 0 radical (unpaired) electrons. The summed E-state index contributed by atoms with van der Waals surface area (Å²) in [5.41, 5.74) is 1.61. The van der Waals surface area contributed by atoms with Crippen molar-refractivity contribution in [2.45, 2.75) is 6.04 Å². The van der Waals surface area contributed by atoms with Gasteiger partial charge >= 0.3 is 0 Å². The maximum absolute atomic E-state index is 13.2. The van der Waals surface area contributed by atoms with E-state index in [0.717, 1.165) is 5.56 Å². The molecule has 0 amide bonds. The van der Waals surface area contributed by atoms with E-state index >= 15 is 0 Å². The van der Waals surface area contributed by atoms with Crippen LogP contribution in [-0.2, 0) is 0 Å². The van der Waals surface area contributed by atoms with Crippen molar-refractivity contribution >= 4 is 11.6 Å². The lowest BCUT2D eigenvalue weighted by molar-refractivity contribution is 0.556. The Hall–Kier alpha value is -1.32. The molecule has 1 N–H and O–H groups in total. The van der Waals surface area contributed by atoms with Crippen molar-refractivity contribution in [3.63, 3.8) is 0 Å². The fraction of sp³-hybridized carbons (Fsp3) is 0.167. The van der Waals surface area contributed by atoms with Gasteiger partial charge in [0.25, 0.3) is 0 Å². The van der Waals surface area contributed by atoms with Crippen LogP contribution in [0.2, 0.25) is 5.02 Å². The molecule has 0 aliphatic heterocycles. The van der Waals surface area contributed by atoms with Gasteiger partial charge in [0.05, 0.1) is 18.6 Å². The van der Waals surface area contributed by atoms with Gasteiger partial charge in [0.1, 0.15) is 5.82 Å². The fourth-order valence-electron chi connectivity index (χ4n) is 1.68. The van der Waals surface area contributed by atoms with Crippen LogP contribution in [0, 0.1) is 5.82 Å². The molecule has 0 saturated carbocycles. The summed E-state index contributed by atoms with van der Waals surface area (Å²) in [4.78, 5) is 0. The van der Waals surface area contributed by atoms with E-state index in [2.05, 4.69) is 5.32 Å². The molecular formula is C12H11ClFNO. The van der Waals surface area contributed by atoms with Crippen LogP contribution in [-0.4, -0.2) is 7.05 Å². The average Bonchev–Trinajstić information content (AvgIpc) is 2.78. The number of hydrogen-bond acceptors (Lipinski definition) is 2. The molecule has 84 valence electrons. The van der Waals surface area contributed by atoms with Crippen molar-refractivity contribution < 1.29 is 8.81 Å². The lowest BCUT2D eigenvalue weighted by atomic mass is 10.0. The Morgan fingerprint density at radius 1 is 1.38 bits per heavy atom. The molecule has 0 fully saturated rings. The highest BCUT2D eigenvalue weighted by atomic mass is 35.5. The summed E-state index contributed by atoms with van der Waals surface area (Å²) in [7, 11) is 1.79. The Morgan fingerprint density at radius 3 is 2.81 bits per heavy atom. The van der Waals surface area contributed by atoms with Crippen LogP contribution in [0.5, 0.6) is 0 Å². The molecular weight excluding hydrogens is 229 g/mol. The number of furan rings is 1. The molecule has 0 bridgehead atoms. The van der Waals surface area contributed by atoms with Crippen LogP contribution in [0.4, 0.5) is 4.39 Å². The minimum atomic E-state index is -0.303. The average molecular weight is 240 g/mol. The second-order valence-electron chi connectivity index (χ2n) is 3.44. The zero-order chi connectivity index (χ0) is 11.5. The minimum Gasteiger partial charge on any atom is -0.472 e. The van der Waals surface area contributed by atoms with Gasteiger partial charge in [0.15, 0.2) is 0 Å². The number of nitrogens with one attached hydrogen (secondary N) is 1. The first-order chi connectivity index (χ1) is 7.72. The molecule has 0 aliphatic rings. The first kappa shape index (κ1) is 11.2. The Labute approximate surface area is 98.0 Å². The lowest BCUT2D eigenvalue weighted by Crippen LogP contribution is -2.17. The molecule has 1 aromatic heterocycles. The summed E-state index contributed by atoms with van der Waals surface area (Å²) in [5.74, 6) is -0.303. The molecule has 16 heavy (non-hydrogen) atoms. The van der Waals surface area contributed by atoms with Gasteiger partial charge in [-0.15, -0.1) is 0 Å². The zero-order valence-electron chi connectivity index (χ0n) is 8.71. The second kappa shape index (κ2) is 4.68. The summed E-state index contributed by atoms with van der Waals surface area (Å²) < 4.78 is 18.2. The van der Waals surface area contributed by atoms with Crippen molar-refractivity contribution in [1.29, 1.82) is 0 Å². The number of hydrogen-bond donors (Lipinski definition) is 1. The predicted octanol–water partition coefficient (Wildman–Crippen LogP) is 3.38. The molecule has 4 heteroatoms. The molecule has 0 aliphatic carbocycles. The van der Waals surface area contributed by atoms with Crippen LogP contribution < -0.4 is 5.32 Å². The summed E-state index contributed by atoms with van der Waals surface area (Å²) in [6.07, 6.45) is 3.19. The monoisotopic (exact) mass is 239 g/mol. The van der Waals surface area contributed by atoms with E-state index in [0.29, 0.717) is 10.6 Å². The first-order valence-electron chi connectivity index (χ1n) is 4.86. The molecule has 2 aromatic rings. The maximum Gasteiger partial charge on any atom is 0.123 e. The van der Waals surface area contributed by atoms with Crippen molar-refractivity contribution in [3.05, 3.63) is 58.8 Å². The van der Waals surface area contributed by atoms with E-state index in [1.54, 1.807) is 25.6 Å². The van der Waals surface area contributed by atoms with Crippen LogP contribution >= 0.6 is 11.6 Å². The van der Waals surface area contributed by atoms with Crippen LogP contribution in [0.15, 0.2) is 41.2 Å². The smallest absolute Gasteiger partial charge is 0.123 e. The summed E-state index contributed by atoms with van der Waals surface area (Å²) >= 11 is 6.05. The molecule has 2 nitrogen and oxygen atoms in total. The fourth-order valence-corrected chi connectivity index (χ4v) is 1.90. The lowest BCUT2D eigenvalue weighted by Gasteiger charge is -2.16. The zero-order valence-corrected chi connectivity index (χ0v) is 9.46. The van der Waals surface area contributed by atoms with E-state index < -0.39 is 0 Å². The largest absolute Gasteiger partial charge is 0.472 e. The molecule has 1 aromatic carbocycles. The Kier molecular flexibility index (Phi) is 3.27. The summed E-state index contributed by atoms with van der Waals surface area (Å²) in [6.45, 7) is 0. The molecule has 1 atom stereocenters. The van der Waals surface area contributed by atoms with Gasteiger partial charge in [-0.2, -0.15) is 0 Å². The second-order valence-corrected chi connectivity index (χ2v) is 3.85. The highest BCUT2D eigenvalue weighted by molar-refractivity contribution is 6.31. The standard InChI is InChI=1S/C12H11ClFNO/c1-15-12(8-4-5-16-7-8)10-6-9(14)2-3-11(10)13/h2-7,12,15H,1H3. The van der Waals surface area contributed by atoms with E-state index in [-0.39, 0.29) is 11.9 Å². The van der Waals surface area contributed by atoms with E-state index in [9.17, 15) is 4.39 Å². The Balaban J connectivity index is 2.44. The van der Waals surface area contributed by atoms with Gasteiger partial charge in [-0.1, -0.05) is 11.6 Å². The topological polar surface area (TPSA) is 25.2 Å². The first-order valence-corrected chi connectivity index (χ1v) is 5.24. The minimum absolute atomic E-state index is 0.165. The normalized spacial score (nSPS) is 12.7. The predicted molar refractivity (Wildman–Crippen MR) is 61.0 cm³/mol. The van der Waals surface area contributed by atoms with Crippen molar-refractivity contribution in [2.24, 2.45) is 0 Å². The van der Waals surface area contributed by atoms with Gasteiger partial charge in [-0.3, -0.25) is 0 Å². The molecule has 0 saturated heterocycles. The van der Waals surface area contributed by atoms with Crippen LogP contribution in [0.25, 0.3) is 0 Å². The van der Waals surface area contributed by atoms with Crippen LogP contribution in [0.1, 0.15) is 17.2 Å². The molecule has 1 unspecified atom stereocenters. The van der Waals surface area contributed by atoms with Crippen molar-refractivity contribution in [2.75, 3.05) is 7.05 Å². The number of rotatable bonds is 3. The maximum atomic E-state index is 13.2. The molecule has 2 rings (SSSR count). The Morgan fingerprint density at radius 2 is 2.19 bits per heavy atom. The third kappa shape index (κ3) is 2.10. The third-order valence-electron chi connectivity index (χ3n) is 2.43. The SMILES string of the molecule is CNC(c1ccoc1)c1cc(F)ccc1Cl. The van der Waals surface area contributed by atoms with Gasteiger partial charge in [0, 0.05) is 10.6 Å². The van der Waals surface area contributed by atoms with E-state index in [1.807, 2.05) is 6.07 Å². The highest BCUT2D eigenvalue weighted by Crippen LogP contribution is 2.28. The Bertz CT molecular complexity index is 470. The highest BCUT2D eigenvalue weighted by Gasteiger charge is 2.16. The van der Waals surface area contributed by atoms with Gasteiger partial charge in [-0.25, -0.2) is 4.39 Å².